The fourth-order valence-corrected chi connectivity index (χ4v) is 1.31. The van der Waals surface area contributed by atoms with E-state index in [0.717, 1.165) is 6.42 Å². The molecule has 1 atom stereocenters. The van der Waals surface area contributed by atoms with Crippen molar-refractivity contribution in [2.24, 2.45) is 0 Å². The number of ether oxygens (including phenoxy) is 1. The van der Waals surface area contributed by atoms with Gasteiger partial charge >= 0.3 is 0 Å². The first kappa shape index (κ1) is 6.47. The summed E-state index contributed by atoms with van der Waals surface area (Å²) in [5, 5.41) is 0. The number of rotatable bonds is 1. The van der Waals surface area contributed by atoms with Crippen LogP contribution in [0.5, 0.6) is 0 Å². The van der Waals surface area contributed by atoms with Gasteiger partial charge in [0, 0.05) is 11.6 Å². The molecule has 0 bridgehead atoms. The first-order valence-corrected chi connectivity index (χ1v) is 3.87. The molecule has 1 aliphatic rings. The second-order valence-corrected chi connectivity index (χ2v) is 2.70. The van der Waals surface area contributed by atoms with Gasteiger partial charge in [-0.25, -0.2) is 0 Å². The molecule has 1 heteroatoms. The smallest absolute Gasteiger partial charge is 0.213 e. The highest BCUT2D eigenvalue weighted by Crippen LogP contribution is 2.23. The average molecular weight is 147 g/mol. The Morgan fingerprint density at radius 1 is 1.18 bits per heavy atom. The second kappa shape index (κ2) is 2.79. The van der Waals surface area contributed by atoms with E-state index in [0.29, 0.717) is 6.10 Å². The van der Waals surface area contributed by atoms with Crippen molar-refractivity contribution in [1.82, 2.24) is 0 Å². The van der Waals surface area contributed by atoms with E-state index in [1.165, 1.54) is 5.56 Å². The van der Waals surface area contributed by atoms with Crippen molar-refractivity contribution >= 4 is 0 Å². The largest absolute Gasteiger partial charge is 0.583 e. The molecule has 0 amide bonds. The Hall–Kier alpha value is -1.24. The summed E-state index contributed by atoms with van der Waals surface area (Å²) in [4.78, 5) is 0. The van der Waals surface area contributed by atoms with Gasteiger partial charge in [0.2, 0.25) is 12.4 Å². The Morgan fingerprint density at radius 2 is 2.00 bits per heavy atom. The van der Waals surface area contributed by atoms with Crippen molar-refractivity contribution < 1.29 is 4.74 Å². The molecule has 2 rings (SSSR count). The molecule has 0 fully saturated rings. The van der Waals surface area contributed by atoms with Gasteiger partial charge in [0.15, 0.2) is 0 Å². The lowest BCUT2D eigenvalue weighted by Crippen LogP contribution is -1.97. The molecule has 0 unspecified atom stereocenters. The molecule has 56 valence electrons. The van der Waals surface area contributed by atoms with Gasteiger partial charge in [-0.2, -0.15) is 0 Å². The molecule has 1 aliphatic heterocycles. The SMILES string of the molecule is C1=C[OH+][C@H](c2ccccc2)C1. The van der Waals surface area contributed by atoms with E-state index in [1.807, 2.05) is 12.3 Å². The molecule has 0 spiro atoms. The minimum Gasteiger partial charge on any atom is -0.583 e. The average Bonchev–Trinajstić information content (AvgIpc) is 2.58. The molecule has 11 heavy (non-hydrogen) atoms. The van der Waals surface area contributed by atoms with Gasteiger partial charge in [0.05, 0.1) is 6.42 Å². The Kier molecular flexibility index (Phi) is 1.64. The van der Waals surface area contributed by atoms with Crippen LogP contribution in [0, 0.1) is 0 Å². The zero-order chi connectivity index (χ0) is 7.52. The van der Waals surface area contributed by atoms with Gasteiger partial charge in [0.25, 0.3) is 0 Å². The molecule has 0 saturated carbocycles. The summed E-state index contributed by atoms with van der Waals surface area (Å²) in [5.41, 5.74) is 1.32. The summed E-state index contributed by atoms with van der Waals surface area (Å²) in [6.07, 6.45) is 5.45. The van der Waals surface area contributed by atoms with Crippen molar-refractivity contribution in [3.8, 4) is 0 Å². The van der Waals surface area contributed by atoms with E-state index in [4.69, 9.17) is 0 Å². The van der Waals surface area contributed by atoms with E-state index < -0.39 is 0 Å². The first-order chi connectivity index (χ1) is 5.47. The van der Waals surface area contributed by atoms with E-state index >= 15 is 0 Å². The Bertz CT molecular complexity index is 243. The van der Waals surface area contributed by atoms with Gasteiger partial charge in [0.1, 0.15) is 0 Å². The van der Waals surface area contributed by atoms with Gasteiger partial charge in [-0.1, -0.05) is 18.2 Å². The lowest BCUT2D eigenvalue weighted by molar-refractivity contribution is 0.00122. The number of hydrogen-bond acceptors (Lipinski definition) is 0. The maximum absolute atomic E-state index is 4.33. The molecule has 1 aromatic rings. The first-order valence-electron chi connectivity index (χ1n) is 3.87. The lowest BCUT2D eigenvalue weighted by atomic mass is 10.1. The summed E-state index contributed by atoms with van der Waals surface area (Å²) in [5.74, 6) is 0. The van der Waals surface area contributed by atoms with Gasteiger partial charge in [-0.05, 0) is 12.1 Å². The van der Waals surface area contributed by atoms with Crippen LogP contribution < -0.4 is 0 Å². The van der Waals surface area contributed by atoms with E-state index in [-0.39, 0.29) is 0 Å². The van der Waals surface area contributed by atoms with E-state index in [1.54, 1.807) is 0 Å². The Morgan fingerprint density at radius 3 is 2.64 bits per heavy atom. The van der Waals surface area contributed by atoms with Crippen LogP contribution >= 0.6 is 0 Å². The van der Waals surface area contributed by atoms with Crippen molar-refractivity contribution in [3.63, 3.8) is 0 Å². The third-order valence-corrected chi connectivity index (χ3v) is 1.92. The van der Waals surface area contributed by atoms with Crippen molar-refractivity contribution in [2.45, 2.75) is 12.5 Å². The number of hydrogen-bond donors (Lipinski definition) is 0. The summed E-state index contributed by atoms with van der Waals surface area (Å²) < 4.78 is 4.33. The standard InChI is InChI=1S/C10H10O/c1-2-5-9(6-3-1)10-7-4-8-11-10/h1-6,8,10H,7H2/p+1/t10-/m0/s1. The highest BCUT2D eigenvalue weighted by atomic mass is 16.5. The van der Waals surface area contributed by atoms with Crippen LogP contribution in [-0.4, -0.2) is 4.74 Å². The molecular weight excluding hydrogens is 136 g/mol. The molecule has 0 aliphatic carbocycles. The minimum absolute atomic E-state index is 0.385. The molecule has 1 aromatic carbocycles. The van der Waals surface area contributed by atoms with Gasteiger partial charge in [-0.15, -0.1) is 0 Å². The maximum atomic E-state index is 4.33. The van der Waals surface area contributed by atoms with Gasteiger partial charge in [-0.3, -0.25) is 0 Å². The molecule has 1 heterocycles. The zero-order valence-electron chi connectivity index (χ0n) is 6.27. The van der Waals surface area contributed by atoms with Gasteiger partial charge < -0.3 is 4.74 Å². The number of aliphatic hydroxyl groups is 2. The molecule has 1 N–H and O–H groups in total. The van der Waals surface area contributed by atoms with Crippen LogP contribution in [0.25, 0.3) is 0 Å². The fraction of sp³-hybridized carbons (Fsp3) is 0.200. The minimum atomic E-state index is 0.385. The lowest BCUT2D eigenvalue weighted by Gasteiger charge is -2.06. The van der Waals surface area contributed by atoms with Crippen molar-refractivity contribution in [2.75, 3.05) is 0 Å². The normalized spacial score (nSPS) is 21.6. The third kappa shape index (κ3) is 1.27. The summed E-state index contributed by atoms with van der Waals surface area (Å²) >= 11 is 0. The second-order valence-electron chi connectivity index (χ2n) is 2.70. The summed E-state index contributed by atoms with van der Waals surface area (Å²) in [7, 11) is 0. The molecular formula is C10H11O+. The van der Waals surface area contributed by atoms with Crippen molar-refractivity contribution in [3.05, 3.63) is 48.2 Å². The topological polar surface area (TPSA) is 12.8 Å². The quantitative estimate of drug-likeness (QED) is 0.540. The van der Waals surface area contributed by atoms with Crippen LogP contribution in [0.1, 0.15) is 18.1 Å². The van der Waals surface area contributed by atoms with E-state index in [2.05, 4.69) is 35.1 Å². The predicted molar refractivity (Wildman–Crippen MR) is 45.2 cm³/mol. The van der Waals surface area contributed by atoms with Crippen molar-refractivity contribution in [1.29, 1.82) is 0 Å². The monoisotopic (exact) mass is 147 g/mol. The molecule has 1 nitrogen and oxygen atoms in total. The van der Waals surface area contributed by atoms with Crippen LogP contribution in [0.2, 0.25) is 0 Å². The van der Waals surface area contributed by atoms with Crippen LogP contribution in [0.15, 0.2) is 42.7 Å². The Labute approximate surface area is 66.3 Å². The van der Waals surface area contributed by atoms with E-state index in [9.17, 15) is 0 Å². The number of benzene rings is 1. The fourth-order valence-electron chi connectivity index (χ4n) is 1.31. The van der Waals surface area contributed by atoms with Crippen LogP contribution in [-0.2, 0) is 0 Å². The molecule has 0 radical (unpaired) electrons. The summed E-state index contributed by atoms with van der Waals surface area (Å²) in [6.45, 7) is 0. The highest BCUT2D eigenvalue weighted by Gasteiger charge is 2.17. The molecule has 0 saturated heterocycles. The maximum Gasteiger partial charge on any atom is 0.213 e. The zero-order valence-corrected chi connectivity index (χ0v) is 6.27. The van der Waals surface area contributed by atoms with Crippen LogP contribution in [0.3, 0.4) is 0 Å². The highest BCUT2D eigenvalue weighted by molar-refractivity contribution is 5.19. The van der Waals surface area contributed by atoms with Crippen LogP contribution in [0.4, 0.5) is 0 Å². The third-order valence-electron chi connectivity index (χ3n) is 1.92. The Balaban J connectivity index is 2.17. The summed E-state index contributed by atoms with van der Waals surface area (Å²) in [6, 6.07) is 10.4. The predicted octanol–water partition coefficient (Wildman–Crippen LogP) is 2.17. The molecule has 0 aromatic heterocycles.